The van der Waals surface area contributed by atoms with Gasteiger partial charge in [-0.1, -0.05) is 0 Å². The summed E-state index contributed by atoms with van der Waals surface area (Å²) < 4.78 is 14.8. The summed E-state index contributed by atoms with van der Waals surface area (Å²) in [6.45, 7) is 3.91. The van der Waals surface area contributed by atoms with Gasteiger partial charge in [0.2, 0.25) is 5.91 Å². The van der Waals surface area contributed by atoms with Gasteiger partial charge in [0.05, 0.1) is 17.9 Å². The number of aliphatic hydroxyl groups excluding tert-OH is 1. The fourth-order valence-electron chi connectivity index (χ4n) is 3.09. The summed E-state index contributed by atoms with van der Waals surface area (Å²) in [5.41, 5.74) is 6.59. The zero-order chi connectivity index (χ0) is 22.7. The van der Waals surface area contributed by atoms with Gasteiger partial charge in [-0.2, -0.15) is 0 Å². The predicted octanol–water partition coefficient (Wildman–Crippen LogP) is 0.487. The average Bonchev–Trinajstić information content (AvgIpc) is 2.90. The van der Waals surface area contributed by atoms with Crippen LogP contribution in [0.3, 0.4) is 0 Å². The molecule has 2 aromatic rings. The zero-order valence-corrected chi connectivity index (χ0v) is 17.0. The number of ketones is 1. The number of primary amides is 1. The molecule has 3 amide bonds. The topological polar surface area (TPSA) is 144 Å². The Hall–Kier alpha value is -3.53. The van der Waals surface area contributed by atoms with Crippen LogP contribution in [0.15, 0.2) is 18.2 Å². The van der Waals surface area contributed by atoms with Gasteiger partial charge in [-0.25, -0.2) is 4.39 Å². The molecule has 1 atom stereocenters. The van der Waals surface area contributed by atoms with E-state index in [1.165, 1.54) is 36.7 Å². The van der Waals surface area contributed by atoms with Crippen molar-refractivity contribution in [3.8, 4) is 0 Å². The zero-order valence-electron chi connectivity index (χ0n) is 17.0. The van der Waals surface area contributed by atoms with Crippen LogP contribution >= 0.6 is 0 Å². The van der Waals surface area contributed by atoms with E-state index in [9.17, 15) is 23.6 Å². The van der Waals surface area contributed by atoms with Crippen molar-refractivity contribution in [2.75, 3.05) is 11.9 Å². The number of amides is 3. The minimum atomic E-state index is -1.41. The first-order valence-corrected chi connectivity index (χ1v) is 8.98. The molecule has 5 N–H and O–H groups in total. The number of Topliss-reactive ketones (excluding diaryl/α,β-unsaturated/α-hetero) is 1. The number of hydrogen-bond donors (Lipinski definition) is 4. The first-order valence-electron chi connectivity index (χ1n) is 8.98. The van der Waals surface area contributed by atoms with Crippen molar-refractivity contribution in [2.24, 2.45) is 12.8 Å². The molecule has 0 aliphatic carbocycles. The number of anilines is 1. The number of nitrogens with two attached hydrogens (primary N) is 1. The highest BCUT2D eigenvalue weighted by molar-refractivity contribution is 6.43. The molecule has 0 fully saturated rings. The molecule has 0 saturated heterocycles. The summed E-state index contributed by atoms with van der Waals surface area (Å²) >= 11 is 0. The Kier molecular flexibility index (Phi) is 6.73. The standard InChI is InChI=1S/C20H23FN4O5/c1-9-7-12(5-6-13(9)21)23-19(29)15-10(2)16(25(4)11(15)3)17(27)20(30)24-14(8-26)18(22)28/h5-7,14,26H,8H2,1-4H3,(H2,22,28)(H,23,29)(H,24,30)/t14-/m0/s1. The molecule has 1 heterocycles. The fraction of sp³-hybridized carbons (Fsp3) is 0.300. The molecule has 10 heteroatoms. The second-order valence-corrected chi connectivity index (χ2v) is 6.85. The highest BCUT2D eigenvalue weighted by atomic mass is 19.1. The smallest absolute Gasteiger partial charge is 0.294 e. The second kappa shape index (κ2) is 8.87. The molecule has 0 aliphatic rings. The largest absolute Gasteiger partial charge is 0.394 e. The van der Waals surface area contributed by atoms with E-state index in [4.69, 9.17) is 10.8 Å². The summed E-state index contributed by atoms with van der Waals surface area (Å²) in [6, 6.07) is 2.70. The molecule has 0 unspecified atom stereocenters. The Labute approximate surface area is 172 Å². The summed E-state index contributed by atoms with van der Waals surface area (Å²) in [7, 11) is 1.51. The number of aliphatic hydroxyl groups is 1. The maximum Gasteiger partial charge on any atom is 0.294 e. The number of carbonyl (C=O) groups excluding carboxylic acids is 4. The number of hydrogen-bond acceptors (Lipinski definition) is 5. The number of benzene rings is 1. The molecule has 0 aliphatic heterocycles. The number of nitrogens with one attached hydrogen (secondary N) is 2. The maximum atomic E-state index is 13.4. The van der Waals surface area contributed by atoms with Crippen molar-refractivity contribution in [2.45, 2.75) is 26.8 Å². The normalized spacial score (nSPS) is 11.7. The summed E-state index contributed by atoms with van der Waals surface area (Å²) in [5.74, 6) is -4.06. The molecule has 0 spiro atoms. The van der Waals surface area contributed by atoms with E-state index in [0.29, 0.717) is 16.9 Å². The first-order chi connectivity index (χ1) is 14.0. The van der Waals surface area contributed by atoms with Crippen molar-refractivity contribution in [3.05, 3.63) is 52.1 Å². The quantitative estimate of drug-likeness (QED) is 0.382. The van der Waals surface area contributed by atoms with Crippen LogP contribution in [0.1, 0.15) is 37.7 Å². The van der Waals surface area contributed by atoms with Gasteiger partial charge in [0, 0.05) is 18.4 Å². The third-order valence-electron chi connectivity index (χ3n) is 4.83. The lowest BCUT2D eigenvalue weighted by Crippen LogP contribution is -2.49. The van der Waals surface area contributed by atoms with Gasteiger partial charge < -0.3 is 26.0 Å². The molecule has 0 radical (unpaired) electrons. The third kappa shape index (κ3) is 4.38. The van der Waals surface area contributed by atoms with E-state index >= 15 is 0 Å². The third-order valence-corrected chi connectivity index (χ3v) is 4.83. The Morgan fingerprint density at radius 2 is 1.83 bits per heavy atom. The molecule has 30 heavy (non-hydrogen) atoms. The molecule has 9 nitrogen and oxygen atoms in total. The van der Waals surface area contributed by atoms with Crippen LogP contribution < -0.4 is 16.4 Å². The Morgan fingerprint density at radius 1 is 1.20 bits per heavy atom. The van der Waals surface area contributed by atoms with Gasteiger partial charge in [0.25, 0.3) is 17.6 Å². The van der Waals surface area contributed by atoms with Crippen LogP contribution in [0.25, 0.3) is 0 Å². The lowest BCUT2D eigenvalue weighted by atomic mass is 10.1. The SMILES string of the molecule is Cc1cc(NC(=O)c2c(C)c(C(=O)C(=O)N[C@@H](CO)C(N)=O)n(C)c2C)ccc1F. The number of carbonyl (C=O) groups is 4. The molecular weight excluding hydrogens is 395 g/mol. The van der Waals surface area contributed by atoms with Crippen LogP contribution in [0.2, 0.25) is 0 Å². The Bertz CT molecular complexity index is 1040. The highest BCUT2D eigenvalue weighted by Crippen LogP contribution is 2.23. The highest BCUT2D eigenvalue weighted by Gasteiger charge is 2.30. The van der Waals surface area contributed by atoms with Crippen LogP contribution in [0, 0.1) is 26.6 Å². The van der Waals surface area contributed by atoms with Crippen molar-refractivity contribution in [1.82, 2.24) is 9.88 Å². The van der Waals surface area contributed by atoms with E-state index in [1.807, 2.05) is 0 Å². The number of aryl methyl sites for hydroxylation is 1. The minimum Gasteiger partial charge on any atom is -0.394 e. The van der Waals surface area contributed by atoms with Crippen molar-refractivity contribution >= 4 is 29.2 Å². The Morgan fingerprint density at radius 3 is 2.37 bits per heavy atom. The monoisotopic (exact) mass is 418 g/mol. The van der Waals surface area contributed by atoms with Crippen molar-refractivity contribution in [3.63, 3.8) is 0 Å². The Balaban J connectivity index is 2.34. The lowest BCUT2D eigenvalue weighted by Gasteiger charge is -2.12. The second-order valence-electron chi connectivity index (χ2n) is 6.85. The number of halogens is 1. The number of aromatic nitrogens is 1. The van der Waals surface area contributed by atoms with E-state index in [1.54, 1.807) is 13.8 Å². The van der Waals surface area contributed by atoms with Crippen LogP contribution in [0.4, 0.5) is 10.1 Å². The van der Waals surface area contributed by atoms with Gasteiger partial charge in [0.15, 0.2) is 0 Å². The molecule has 1 aromatic heterocycles. The van der Waals surface area contributed by atoms with E-state index in [2.05, 4.69) is 10.6 Å². The molecule has 0 saturated carbocycles. The maximum absolute atomic E-state index is 13.4. The van der Waals surface area contributed by atoms with Gasteiger partial charge >= 0.3 is 0 Å². The van der Waals surface area contributed by atoms with Gasteiger partial charge in [-0.3, -0.25) is 19.2 Å². The summed E-state index contributed by atoms with van der Waals surface area (Å²) in [6.07, 6.45) is 0. The number of rotatable bonds is 7. The van der Waals surface area contributed by atoms with Gasteiger partial charge in [-0.15, -0.1) is 0 Å². The van der Waals surface area contributed by atoms with Crippen LogP contribution in [-0.4, -0.2) is 45.8 Å². The molecule has 160 valence electrons. The van der Waals surface area contributed by atoms with Crippen molar-refractivity contribution in [1.29, 1.82) is 0 Å². The van der Waals surface area contributed by atoms with E-state index in [0.717, 1.165) is 0 Å². The van der Waals surface area contributed by atoms with Gasteiger partial charge in [-0.05, 0) is 50.1 Å². The molecule has 0 bridgehead atoms. The molecular formula is C20H23FN4O5. The molecule has 2 rings (SSSR count). The van der Waals surface area contributed by atoms with E-state index in [-0.39, 0.29) is 16.8 Å². The summed E-state index contributed by atoms with van der Waals surface area (Å²) in [5, 5.41) is 13.8. The van der Waals surface area contributed by atoms with Crippen LogP contribution in [-0.2, 0) is 16.6 Å². The molecule has 1 aromatic carbocycles. The predicted molar refractivity (Wildman–Crippen MR) is 107 cm³/mol. The fourth-order valence-corrected chi connectivity index (χ4v) is 3.09. The average molecular weight is 418 g/mol. The van der Waals surface area contributed by atoms with Crippen LogP contribution in [0.5, 0.6) is 0 Å². The van der Waals surface area contributed by atoms with Gasteiger partial charge in [0.1, 0.15) is 11.9 Å². The van der Waals surface area contributed by atoms with Crippen molar-refractivity contribution < 1.29 is 28.7 Å². The first kappa shape index (κ1) is 22.8. The summed E-state index contributed by atoms with van der Waals surface area (Å²) in [4.78, 5) is 48.9. The van der Waals surface area contributed by atoms with E-state index < -0.39 is 42.0 Å². The lowest BCUT2D eigenvalue weighted by molar-refractivity contribution is -0.126. The minimum absolute atomic E-state index is 0.0494. The number of nitrogens with zero attached hydrogens (tertiary/aromatic N) is 1.